The van der Waals surface area contributed by atoms with Crippen molar-refractivity contribution >= 4 is 12.0 Å². The Kier molecular flexibility index (Phi) is 3.98. The molecule has 0 atom stereocenters. The summed E-state index contributed by atoms with van der Waals surface area (Å²) in [5.41, 5.74) is 3.51. The van der Waals surface area contributed by atoms with Crippen molar-refractivity contribution in [2.75, 3.05) is 11.9 Å². The van der Waals surface area contributed by atoms with Crippen LogP contribution in [0.3, 0.4) is 0 Å². The summed E-state index contributed by atoms with van der Waals surface area (Å²) < 4.78 is 0. The van der Waals surface area contributed by atoms with E-state index in [2.05, 4.69) is 37.9 Å². The van der Waals surface area contributed by atoms with Crippen LogP contribution in [0, 0.1) is 12.3 Å². The summed E-state index contributed by atoms with van der Waals surface area (Å²) in [5, 5.41) is 0. The van der Waals surface area contributed by atoms with Crippen molar-refractivity contribution in [3.05, 3.63) is 29.3 Å². The Morgan fingerprint density at radius 3 is 2.47 bits per heavy atom. The molecule has 0 N–H and O–H groups in total. The lowest BCUT2D eigenvalue weighted by atomic mass is 9.75. The van der Waals surface area contributed by atoms with E-state index in [4.69, 9.17) is 0 Å². The van der Waals surface area contributed by atoms with Crippen LogP contribution >= 0.6 is 0 Å². The van der Waals surface area contributed by atoms with Gasteiger partial charge in [-0.05, 0) is 50.2 Å². The topological polar surface area (TPSA) is 20.3 Å². The van der Waals surface area contributed by atoms with Gasteiger partial charge in [-0.25, -0.2) is 0 Å². The van der Waals surface area contributed by atoms with Gasteiger partial charge in [0.25, 0.3) is 0 Å². The first-order chi connectivity index (χ1) is 8.93. The standard InChI is InChI=1S/C17H25NO/c1-13-5-6-16(14(11-13)12-19)18(4)15-7-9-17(2,3)10-8-15/h5-6,11-12,15H,7-10H2,1-4H3. The normalized spacial score (nSPS) is 19.2. The molecule has 1 aliphatic rings. The van der Waals surface area contributed by atoms with Crippen molar-refractivity contribution in [1.82, 2.24) is 0 Å². The van der Waals surface area contributed by atoms with E-state index in [9.17, 15) is 4.79 Å². The summed E-state index contributed by atoms with van der Waals surface area (Å²) in [7, 11) is 2.13. The number of aldehydes is 1. The van der Waals surface area contributed by atoms with E-state index in [0.717, 1.165) is 23.1 Å². The van der Waals surface area contributed by atoms with Crippen LogP contribution in [0.1, 0.15) is 55.5 Å². The van der Waals surface area contributed by atoms with Crippen LogP contribution in [0.4, 0.5) is 5.69 Å². The van der Waals surface area contributed by atoms with Gasteiger partial charge in [-0.2, -0.15) is 0 Å². The first kappa shape index (κ1) is 14.1. The van der Waals surface area contributed by atoms with Crippen molar-refractivity contribution < 1.29 is 4.79 Å². The third-order valence-corrected chi connectivity index (χ3v) is 4.55. The molecule has 0 spiro atoms. The molecule has 2 nitrogen and oxygen atoms in total. The first-order valence-corrected chi connectivity index (χ1v) is 7.22. The highest BCUT2D eigenvalue weighted by atomic mass is 16.1. The average molecular weight is 259 g/mol. The second-order valence-corrected chi connectivity index (χ2v) is 6.69. The average Bonchev–Trinajstić information content (AvgIpc) is 2.37. The predicted octanol–water partition coefficient (Wildman–Crippen LogP) is 4.21. The van der Waals surface area contributed by atoms with E-state index in [1.807, 2.05) is 13.0 Å². The second-order valence-electron chi connectivity index (χ2n) is 6.69. The van der Waals surface area contributed by atoms with Crippen molar-refractivity contribution in [3.63, 3.8) is 0 Å². The molecule has 1 aliphatic carbocycles. The molecular formula is C17H25NO. The lowest BCUT2D eigenvalue weighted by molar-refractivity contribution is 0.112. The van der Waals surface area contributed by atoms with Gasteiger partial charge in [0, 0.05) is 24.3 Å². The third-order valence-electron chi connectivity index (χ3n) is 4.55. The molecule has 0 heterocycles. The fourth-order valence-electron chi connectivity index (χ4n) is 3.06. The Bertz CT molecular complexity index is 454. The van der Waals surface area contributed by atoms with Gasteiger partial charge in [-0.1, -0.05) is 25.5 Å². The van der Waals surface area contributed by atoms with Gasteiger partial charge < -0.3 is 4.90 Å². The molecule has 19 heavy (non-hydrogen) atoms. The number of anilines is 1. The number of rotatable bonds is 3. The third kappa shape index (κ3) is 3.17. The van der Waals surface area contributed by atoms with Crippen LogP contribution in [0.25, 0.3) is 0 Å². The summed E-state index contributed by atoms with van der Waals surface area (Å²) in [6.45, 7) is 6.73. The molecule has 1 fully saturated rings. The molecule has 0 bridgehead atoms. The largest absolute Gasteiger partial charge is 0.371 e. The van der Waals surface area contributed by atoms with Gasteiger partial charge >= 0.3 is 0 Å². The fraction of sp³-hybridized carbons (Fsp3) is 0.588. The van der Waals surface area contributed by atoms with Crippen LogP contribution < -0.4 is 4.90 Å². The van der Waals surface area contributed by atoms with Gasteiger partial charge in [0.15, 0.2) is 6.29 Å². The van der Waals surface area contributed by atoms with E-state index in [-0.39, 0.29) is 0 Å². The molecule has 0 radical (unpaired) electrons. The smallest absolute Gasteiger partial charge is 0.152 e. The first-order valence-electron chi connectivity index (χ1n) is 7.22. The Morgan fingerprint density at radius 1 is 1.26 bits per heavy atom. The van der Waals surface area contributed by atoms with Crippen molar-refractivity contribution in [1.29, 1.82) is 0 Å². The molecule has 0 aromatic heterocycles. The number of carbonyl (C=O) groups is 1. The summed E-state index contributed by atoms with van der Waals surface area (Å²) in [4.78, 5) is 13.5. The SMILES string of the molecule is Cc1ccc(N(C)C2CCC(C)(C)CC2)c(C=O)c1. The second kappa shape index (κ2) is 5.36. The highest BCUT2D eigenvalue weighted by Gasteiger charge is 2.29. The zero-order valence-corrected chi connectivity index (χ0v) is 12.6. The number of hydrogen-bond donors (Lipinski definition) is 0. The molecular weight excluding hydrogens is 234 g/mol. The quantitative estimate of drug-likeness (QED) is 0.758. The van der Waals surface area contributed by atoms with Crippen LogP contribution in [0.5, 0.6) is 0 Å². The summed E-state index contributed by atoms with van der Waals surface area (Å²) in [6, 6.07) is 6.71. The molecule has 104 valence electrons. The van der Waals surface area contributed by atoms with E-state index in [1.165, 1.54) is 25.7 Å². The zero-order chi connectivity index (χ0) is 14.0. The maximum Gasteiger partial charge on any atom is 0.152 e. The Labute approximate surface area is 116 Å². The monoisotopic (exact) mass is 259 g/mol. The molecule has 0 aliphatic heterocycles. The van der Waals surface area contributed by atoms with Gasteiger partial charge in [-0.3, -0.25) is 4.79 Å². The van der Waals surface area contributed by atoms with E-state index >= 15 is 0 Å². The number of nitrogens with zero attached hydrogens (tertiary/aromatic N) is 1. The maximum atomic E-state index is 11.2. The van der Waals surface area contributed by atoms with Crippen molar-refractivity contribution in [2.24, 2.45) is 5.41 Å². The minimum Gasteiger partial charge on any atom is -0.371 e. The van der Waals surface area contributed by atoms with Crippen LogP contribution in [0.2, 0.25) is 0 Å². The highest BCUT2D eigenvalue weighted by molar-refractivity contribution is 5.85. The number of aryl methyl sites for hydroxylation is 1. The van der Waals surface area contributed by atoms with Crippen LogP contribution in [-0.2, 0) is 0 Å². The molecule has 0 saturated heterocycles. The minimum atomic E-state index is 0.484. The lowest BCUT2D eigenvalue weighted by Gasteiger charge is -2.40. The maximum absolute atomic E-state index is 11.2. The van der Waals surface area contributed by atoms with E-state index in [1.54, 1.807) is 0 Å². The molecule has 0 unspecified atom stereocenters. The number of carbonyl (C=O) groups excluding carboxylic acids is 1. The van der Waals surface area contributed by atoms with Gasteiger partial charge in [0.05, 0.1) is 0 Å². The van der Waals surface area contributed by atoms with Gasteiger partial charge in [-0.15, -0.1) is 0 Å². The Balaban J connectivity index is 2.16. The molecule has 2 rings (SSSR count). The fourth-order valence-corrected chi connectivity index (χ4v) is 3.06. The summed E-state index contributed by atoms with van der Waals surface area (Å²) in [5.74, 6) is 0. The summed E-state index contributed by atoms with van der Waals surface area (Å²) in [6.07, 6.45) is 5.95. The lowest BCUT2D eigenvalue weighted by Crippen LogP contribution is -2.37. The van der Waals surface area contributed by atoms with Crippen LogP contribution in [0.15, 0.2) is 18.2 Å². The molecule has 2 heteroatoms. The Morgan fingerprint density at radius 2 is 1.89 bits per heavy atom. The van der Waals surface area contributed by atoms with E-state index < -0.39 is 0 Å². The van der Waals surface area contributed by atoms with E-state index in [0.29, 0.717) is 11.5 Å². The molecule has 1 saturated carbocycles. The summed E-state index contributed by atoms with van der Waals surface area (Å²) >= 11 is 0. The number of benzene rings is 1. The van der Waals surface area contributed by atoms with Crippen LogP contribution in [-0.4, -0.2) is 19.4 Å². The van der Waals surface area contributed by atoms with Crippen molar-refractivity contribution in [2.45, 2.75) is 52.5 Å². The molecule has 0 amide bonds. The minimum absolute atomic E-state index is 0.484. The van der Waals surface area contributed by atoms with Gasteiger partial charge in [0.2, 0.25) is 0 Å². The predicted molar refractivity (Wildman–Crippen MR) is 81.0 cm³/mol. The Hall–Kier alpha value is -1.31. The zero-order valence-electron chi connectivity index (χ0n) is 12.6. The highest BCUT2D eigenvalue weighted by Crippen LogP contribution is 2.38. The van der Waals surface area contributed by atoms with Gasteiger partial charge in [0.1, 0.15) is 0 Å². The number of hydrogen-bond acceptors (Lipinski definition) is 2. The molecule has 1 aromatic rings. The molecule has 1 aromatic carbocycles. The van der Waals surface area contributed by atoms with Crippen molar-refractivity contribution in [3.8, 4) is 0 Å².